The van der Waals surface area contributed by atoms with Gasteiger partial charge in [0.2, 0.25) is 0 Å². The molecular weight excluding hydrogens is 520 g/mol. The van der Waals surface area contributed by atoms with E-state index in [-0.39, 0.29) is 42.1 Å². The minimum Gasteiger partial charge on any atom is -0.489 e. The highest BCUT2D eigenvalue weighted by atomic mass is 35.5. The van der Waals surface area contributed by atoms with Crippen molar-refractivity contribution in [1.82, 2.24) is 10.2 Å². The van der Waals surface area contributed by atoms with Crippen molar-refractivity contribution in [3.63, 3.8) is 0 Å². The van der Waals surface area contributed by atoms with E-state index in [1.54, 1.807) is 29.2 Å². The van der Waals surface area contributed by atoms with Gasteiger partial charge in [-0.05, 0) is 58.0 Å². The van der Waals surface area contributed by atoms with Crippen LogP contribution < -0.4 is 14.8 Å². The monoisotopic (exact) mass is 552 g/mol. The summed E-state index contributed by atoms with van der Waals surface area (Å²) in [5, 5.41) is 24.2. The number of carbonyl (C=O) groups excluding carboxylic acids is 1. The Morgan fingerprint density at radius 3 is 1.82 bits per heavy atom. The highest BCUT2D eigenvalue weighted by Gasteiger charge is 2.31. The molecule has 38 heavy (non-hydrogen) atoms. The number of ether oxygens (including phenoxy) is 3. The summed E-state index contributed by atoms with van der Waals surface area (Å²) in [7, 11) is 0. The SMILES string of the molecule is CC(C)(C)OC(=O)N1CC[C@H](Oc2ccc([N+](=O)[O-])cc2)C1.Cl.O=[N+]([O-])c1ccc(O[C@H]2CCNC2)cc1. The minimum atomic E-state index is -0.519. The summed E-state index contributed by atoms with van der Waals surface area (Å²) in [6.45, 7) is 8.32. The molecule has 0 aliphatic carbocycles. The van der Waals surface area contributed by atoms with Gasteiger partial charge < -0.3 is 24.4 Å². The summed E-state index contributed by atoms with van der Waals surface area (Å²) >= 11 is 0. The first-order chi connectivity index (χ1) is 17.5. The minimum absolute atomic E-state index is 0. The maximum absolute atomic E-state index is 12.0. The molecule has 2 saturated heterocycles. The standard InChI is InChI=1S/C15H20N2O5.C10H12N2O3.ClH/c1-15(2,3)22-14(18)16-9-8-13(10-16)21-12-6-4-11(5-7-12)17(19)20;13-12(14)8-1-3-9(4-2-8)15-10-5-6-11-7-10;/h4-7,13H,8-10H2,1-3H3;1-4,10-11H,5-7H2;1H/t13-;10-;/m00./s1. The quantitative estimate of drug-likeness (QED) is 0.396. The fourth-order valence-corrected chi connectivity index (χ4v) is 3.72. The third-order valence-electron chi connectivity index (χ3n) is 5.51. The van der Waals surface area contributed by atoms with Crippen LogP contribution in [0.3, 0.4) is 0 Å². The predicted octanol–water partition coefficient (Wildman–Crippen LogP) is 4.74. The van der Waals surface area contributed by atoms with Gasteiger partial charge in [0, 0.05) is 43.8 Å². The largest absolute Gasteiger partial charge is 0.489 e. The lowest BCUT2D eigenvalue weighted by atomic mass is 10.2. The number of benzene rings is 2. The number of hydrogen-bond donors (Lipinski definition) is 1. The van der Waals surface area contributed by atoms with Gasteiger partial charge in [0.1, 0.15) is 29.3 Å². The molecule has 2 heterocycles. The molecule has 2 aromatic rings. The number of nitrogens with one attached hydrogen (secondary N) is 1. The van der Waals surface area contributed by atoms with Crippen LogP contribution in [0.1, 0.15) is 33.6 Å². The van der Waals surface area contributed by atoms with E-state index in [9.17, 15) is 25.0 Å². The second-order valence-electron chi connectivity index (χ2n) is 9.69. The summed E-state index contributed by atoms with van der Waals surface area (Å²) in [5.41, 5.74) is -0.407. The Labute approximate surface area is 226 Å². The maximum atomic E-state index is 12.0. The Balaban J connectivity index is 0.000000277. The summed E-state index contributed by atoms with van der Waals surface area (Å²) in [6.07, 6.45) is 1.40. The summed E-state index contributed by atoms with van der Waals surface area (Å²) in [4.78, 5) is 33.7. The first-order valence-corrected chi connectivity index (χ1v) is 12.0. The normalized spacial score (nSPS) is 18.4. The van der Waals surface area contributed by atoms with Gasteiger partial charge in [0.05, 0.1) is 16.4 Å². The van der Waals surface area contributed by atoms with Crippen molar-refractivity contribution in [3.8, 4) is 11.5 Å². The molecule has 0 radical (unpaired) electrons. The van der Waals surface area contributed by atoms with Crippen molar-refractivity contribution >= 4 is 29.9 Å². The van der Waals surface area contributed by atoms with Crippen LogP contribution in [0.2, 0.25) is 0 Å². The molecule has 4 rings (SSSR count). The number of halogens is 1. The zero-order valence-electron chi connectivity index (χ0n) is 21.5. The third-order valence-corrected chi connectivity index (χ3v) is 5.51. The molecule has 13 heteroatoms. The molecule has 208 valence electrons. The average Bonchev–Trinajstić information content (AvgIpc) is 3.52. The molecule has 2 aliphatic heterocycles. The highest BCUT2D eigenvalue weighted by molar-refractivity contribution is 5.85. The molecule has 2 aliphatic rings. The maximum Gasteiger partial charge on any atom is 0.410 e. The molecule has 0 unspecified atom stereocenters. The van der Waals surface area contributed by atoms with Gasteiger partial charge in [-0.2, -0.15) is 0 Å². The van der Waals surface area contributed by atoms with E-state index in [2.05, 4.69) is 5.32 Å². The second kappa shape index (κ2) is 13.8. The van der Waals surface area contributed by atoms with Gasteiger partial charge in [-0.15, -0.1) is 12.4 Å². The number of non-ortho nitro benzene ring substituents is 2. The summed E-state index contributed by atoms with van der Waals surface area (Å²) in [5.74, 6) is 1.25. The van der Waals surface area contributed by atoms with Crippen LogP contribution >= 0.6 is 12.4 Å². The molecule has 12 nitrogen and oxygen atoms in total. The van der Waals surface area contributed by atoms with E-state index in [1.165, 1.54) is 24.3 Å². The van der Waals surface area contributed by atoms with Crippen LogP contribution in [-0.2, 0) is 4.74 Å². The topological polar surface area (TPSA) is 146 Å². The lowest BCUT2D eigenvalue weighted by Crippen LogP contribution is -2.36. The van der Waals surface area contributed by atoms with Crippen LogP contribution in [0, 0.1) is 20.2 Å². The molecule has 2 fully saturated rings. The Hall–Kier alpha value is -3.64. The van der Waals surface area contributed by atoms with Gasteiger partial charge in [-0.1, -0.05) is 0 Å². The van der Waals surface area contributed by atoms with E-state index in [0.717, 1.165) is 19.5 Å². The van der Waals surface area contributed by atoms with Crippen LogP contribution in [0.25, 0.3) is 0 Å². The van der Waals surface area contributed by atoms with E-state index < -0.39 is 15.4 Å². The van der Waals surface area contributed by atoms with Gasteiger partial charge in [0.15, 0.2) is 0 Å². The van der Waals surface area contributed by atoms with Crippen molar-refractivity contribution < 1.29 is 28.9 Å². The van der Waals surface area contributed by atoms with Crippen LogP contribution in [0.4, 0.5) is 16.2 Å². The van der Waals surface area contributed by atoms with Crippen LogP contribution in [0.5, 0.6) is 11.5 Å². The number of nitrogens with zero attached hydrogens (tertiary/aromatic N) is 3. The molecule has 0 spiro atoms. The van der Waals surface area contributed by atoms with Crippen molar-refractivity contribution in [3.05, 3.63) is 68.8 Å². The molecular formula is C25H33ClN4O8. The van der Waals surface area contributed by atoms with Crippen molar-refractivity contribution in [2.24, 2.45) is 0 Å². The second-order valence-corrected chi connectivity index (χ2v) is 9.69. The van der Waals surface area contributed by atoms with E-state index in [1.807, 2.05) is 20.8 Å². The molecule has 0 aromatic heterocycles. The van der Waals surface area contributed by atoms with Crippen molar-refractivity contribution in [2.45, 2.75) is 51.4 Å². The van der Waals surface area contributed by atoms with Crippen LogP contribution in [0.15, 0.2) is 48.5 Å². The van der Waals surface area contributed by atoms with Crippen LogP contribution in [-0.4, -0.2) is 64.8 Å². The Morgan fingerprint density at radius 2 is 1.39 bits per heavy atom. The molecule has 2 atom stereocenters. The fraction of sp³-hybridized carbons (Fsp3) is 0.480. The number of rotatable bonds is 6. The van der Waals surface area contributed by atoms with Gasteiger partial charge >= 0.3 is 6.09 Å². The third kappa shape index (κ3) is 9.67. The van der Waals surface area contributed by atoms with Gasteiger partial charge in [-0.3, -0.25) is 20.2 Å². The summed E-state index contributed by atoms with van der Waals surface area (Å²) < 4.78 is 16.7. The molecule has 1 N–H and O–H groups in total. The Kier molecular flexibility index (Phi) is 11.1. The number of amides is 1. The number of carbonyl (C=O) groups is 1. The number of nitro benzene ring substituents is 2. The van der Waals surface area contributed by atoms with E-state index >= 15 is 0 Å². The zero-order chi connectivity index (χ0) is 27.0. The lowest BCUT2D eigenvalue weighted by Gasteiger charge is -2.24. The lowest BCUT2D eigenvalue weighted by molar-refractivity contribution is -0.385. The number of likely N-dealkylation sites (tertiary alicyclic amines) is 1. The van der Waals surface area contributed by atoms with E-state index in [0.29, 0.717) is 31.0 Å². The zero-order valence-corrected chi connectivity index (χ0v) is 22.3. The Morgan fingerprint density at radius 1 is 0.895 bits per heavy atom. The van der Waals surface area contributed by atoms with Gasteiger partial charge in [0.25, 0.3) is 11.4 Å². The molecule has 2 aromatic carbocycles. The number of hydrogen-bond acceptors (Lipinski definition) is 9. The summed E-state index contributed by atoms with van der Waals surface area (Å²) in [6, 6.07) is 12.1. The predicted molar refractivity (Wildman–Crippen MR) is 142 cm³/mol. The Bertz CT molecular complexity index is 1070. The molecule has 0 bridgehead atoms. The smallest absolute Gasteiger partial charge is 0.410 e. The average molecular weight is 553 g/mol. The van der Waals surface area contributed by atoms with Gasteiger partial charge in [-0.25, -0.2) is 4.79 Å². The first-order valence-electron chi connectivity index (χ1n) is 12.0. The molecule has 0 saturated carbocycles. The fourth-order valence-electron chi connectivity index (χ4n) is 3.72. The number of nitro groups is 2. The van der Waals surface area contributed by atoms with E-state index in [4.69, 9.17) is 14.2 Å². The van der Waals surface area contributed by atoms with Crippen molar-refractivity contribution in [1.29, 1.82) is 0 Å². The molecule has 1 amide bonds. The van der Waals surface area contributed by atoms with Crippen molar-refractivity contribution in [2.75, 3.05) is 26.2 Å². The highest BCUT2D eigenvalue weighted by Crippen LogP contribution is 2.23. The first kappa shape index (κ1) is 30.6.